The molecule has 0 bridgehead atoms. The number of nitrogens with zero attached hydrogens (tertiary/aromatic N) is 2. The number of hydrogen-bond donors (Lipinski definition) is 1. The fourth-order valence-electron chi connectivity index (χ4n) is 2.98. The summed E-state index contributed by atoms with van der Waals surface area (Å²) in [5, 5.41) is 2.35. The highest BCUT2D eigenvalue weighted by molar-refractivity contribution is 7.91. The molecule has 6 nitrogen and oxygen atoms in total. The van der Waals surface area contributed by atoms with Crippen LogP contribution in [0.5, 0.6) is 0 Å². The van der Waals surface area contributed by atoms with Gasteiger partial charge in [-0.1, -0.05) is 6.07 Å². The van der Waals surface area contributed by atoms with Crippen molar-refractivity contribution in [3.05, 3.63) is 65.9 Å². The molecule has 1 amide bonds. The van der Waals surface area contributed by atoms with Gasteiger partial charge >= 0.3 is 0 Å². The average molecular weight is 389 g/mol. The highest BCUT2D eigenvalue weighted by Gasteiger charge is 2.35. The molecule has 138 valence electrons. The SMILES string of the molecule is O=C(Nc1cccc(F)c1)c1c(-c2ccc(F)cc2)nc2n1CCS2(=O)=O. The monoisotopic (exact) mass is 389 g/mol. The summed E-state index contributed by atoms with van der Waals surface area (Å²) >= 11 is 0. The lowest BCUT2D eigenvalue weighted by Crippen LogP contribution is -2.18. The van der Waals surface area contributed by atoms with Gasteiger partial charge in [-0.3, -0.25) is 4.79 Å². The first kappa shape index (κ1) is 17.3. The van der Waals surface area contributed by atoms with Gasteiger partial charge in [-0.25, -0.2) is 22.2 Å². The minimum absolute atomic E-state index is 0.0296. The van der Waals surface area contributed by atoms with Crippen LogP contribution in [0.2, 0.25) is 0 Å². The summed E-state index contributed by atoms with van der Waals surface area (Å²) in [5.74, 6) is -1.77. The first-order valence-electron chi connectivity index (χ1n) is 8.01. The molecule has 1 aliphatic heterocycles. The Labute approximate surface area is 153 Å². The average Bonchev–Trinajstić information content (AvgIpc) is 3.13. The zero-order valence-corrected chi connectivity index (χ0v) is 14.6. The van der Waals surface area contributed by atoms with Crippen molar-refractivity contribution in [3.63, 3.8) is 0 Å². The lowest BCUT2D eigenvalue weighted by molar-refractivity contribution is 0.101. The predicted molar refractivity (Wildman–Crippen MR) is 94.0 cm³/mol. The largest absolute Gasteiger partial charge is 0.321 e. The molecule has 4 rings (SSSR count). The molecule has 0 saturated heterocycles. The van der Waals surface area contributed by atoms with Gasteiger partial charge < -0.3 is 9.88 Å². The van der Waals surface area contributed by atoms with Crippen LogP contribution in [-0.2, 0) is 16.4 Å². The lowest BCUT2D eigenvalue weighted by Gasteiger charge is -2.09. The quantitative estimate of drug-likeness (QED) is 0.747. The van der Waals surface area contributed by atoms with E-state index in [2.05, 4.69) is 10.3 Å². The van der Waals surface area contributed by atoms with E-state index in [9.17, 15) is 22.0 Å². The summed E-state index contributed by atoms with van der Waals surface area (Å²) in [7, 11) is -3.60. The minimum Gasteiger partial charge on any atom is -0.321 e. The number of rotatable bonds is 3. The summed E-state index contributed by atoms with van der Waals surface area (Å²) < 4.78 is 52.3. The third kappa shape index (κ3) is 3.10. The van der Waals surface area contributed by atoms with Crippen LogP contribution in [0, 0.1) is 11.6 Å². The van der Waals surface area contributed by atoms with Gasteiger partial charge in [0.05, 0.1) is 5.75 Å². The van der Waals surface area contributed by atoms with E-state index in [0.29, 0.717) is 5.56 Å². The van der Waals surface area contributed by atoms with Gasteiger partial charge in [-0.15, -0.1) is 0 Å². The molecule has 3 aromatic rings. The summed E-state index contributed by atoms with van der Waals surface area (Å²) in [4.78, 5) is 17.0. The maximum absolute atomic E-state index is 13.4. The van der Waals surface area contributed by atoms with E-state index in [-0.39, 0.29) is 34.5 Å². The number of amides is 1. The number of anilines is 1. The van der Waals surface area contributed by atoms with Gasteiger partial charge in [0.25, 0.3) is 5.91 Å². The highest BCUT2D eigenvalue weighted by atomic mass is 32.2. The standard InChI is InChI=1S/C18H13F2N3O3S/c19-12-6-4-11(5-7-12)15-16(23-8-9-27(25,26)18(23)22-15)17(24)21-14-3-1-2-13(20)10-14/h1-7,10H,8-9H2,(H,21,24). The fourth-order valence-corrected chi connectivity index (χ4v) is 4.33. The van der Waals surface area contributed by atoms with Crippen LogP contribution in [0.4, 0.5) is 14.5 Å². The molecule has 0 atom stereocenters. The zero-order chi connectivity index (χ0) is 19.2. The number of imidazole rings is 1. The summed E-state index contributed by atoms with van der Waals surface area (Å²) in [6, 6.07) is 10.6. The highest BCUT2D eigenvalue weighted by Crippen LogP contribution is 2.31. The molecular weight excluding hydrogens is 376 g/mol. The number of hydrogen-bond acceptors (Lipinski definition) is 4. The Kier molecular flexibility index (Phi) is 4.03. The van der Waals surface area contributed by atoms with Crippen LogP contribution in [0.3, 0.4) is 0 Å². The molecule has 2 aromatic carbocycles. The molecule has 0 aliphatic carbocycles. The van der Waals surface area contributed by atoms with Crippen molar-refractivity contribution in [1.82, 2.24) is 9.55 Å². The summed E-state index contributed by atoms with van der Waals surface area (Å²) in [5.41, 5.74) is 0.781. The van der Waals surface area contributed by atoms with E-state index in [1.54, 1.807) is 0 Å². The Morgan fingerprint density at radius 1 is 1.07 bits per heavy atom. The van der Waals surface area contributed by atoms with Crippen LogP contribution in [0.1, 0.15) is 10.5 Å². The molecule has 1 aliphatic rings. The number of fused-ring (bicyclic) bond motifs is 1. The zero-order valence-electron chi connectivity index (χ0n) is 13.8. The van der Waals surface area contributed by atoms with Crippen molar-refractivity contribution in [3.8, 4) is 11.3 Å². The Balaban J connectivity index is 1.83. The lowest BCUT2D eigenvalue weighted by atomic mass is 10.1. The summed E-state index contributed by atoms with van der Waals surface area (Å²) in [6.45, 7) is 0.0811. The number of benzene rings is 2. The second-order valence-corrected chi connectivity index (χ2v) is 8.04. The van der Waals surface area contributed by atoms with Crippen LogP contribution >= 0.6 is 0 Å². The Morgan fingerprint density at radius 2 is 1.81 bits per heavy atom. The molecule has 1 aromatic heterocycles. The first-order valence-corrected chi connectivity index (χ1v) is 9.66. The third-order valence-corrected chi connectivity index (χ3v) is 5.80. The van der Waals surface area contributed by atoms with Gasteiger partial charge in [-0.2, -0.15) is 0 Å². The van der Waals surface area contributed by atoms with Crippen LogP contribution < -0.4 is 5.32 Å². The van der Waals surface area contributed by atoms with E-state index < -0.39 is 27.4 Å². The number of carbonyl (C=O) groups is 1. The molecule has 9 heteroatoms. The van der Waals surface area contributed by atoms with Crippen molar-refractivity contribution in [1.29, 1.82) is 0 Å². The van der Waals surface area contributed by atoms with Gasteiger partial charge in [0, 0.05) is 17.8 Å². The van der Waals surface area contributed by atoms with Gasteiger partial charge in [-0.05, 0) is 42.5 Å². The molecule has 2 heterocycles. The van der Waals surface area contributed by atoms with Crippen molar-refractivity contribution in [2.45, 2.75) is 11.7 Å². The van der Waals surface area contributed by atoms with Gasteiger partial charge in [0.15, 0.2) is 0 Å². The van der Waals surface area contributed by atoms with Gasteiger partial charge in [0.1, 0.15) is 23.0 Å². The Morgan fingerprint density at radius 3 is 2.52 bits per heavy atom. The van der Waals surface area contributed by atoms with Crippen LogP contribution in [-0.4, -0.2) is 29.6 Å². The number of nitrogens with one attached hydrogen (secondary N) is 1. The number of sulfone groups is 1. The van der Waals surface area contributed by atoms with Crippen molar-refractivity contribution in [2.24, 2.45) is 0 Å². The second-order valence-electron chi connectivity index (χ2n) is 6.03. The molecule has 0 fully saturated rings. The third-order valence-electron chi connectivity index (χ3n) is 4.21. The van der Waals surface area contributed by atoms with E-state index in [1.165, 1.54) is 47.0 Å². The molecule has 1 N–H and O–H groups in total. The Hall–Kier alpha value is -3.07. The fraction of sp³-hybridized carbons (Fsp3) is 0.111. The number of carbonyl (C=O) groups excluding carboxylic acids is 1. The number of halogens is 2. The van der Waals surface area contributed by atoms with Crippen molar-refractivity contribution in [2.75, 3.05) is 11.1 Å². The molecule has 0 spiro atoms. The predicted octanol–water partition coefficient (Wildman–Crippen LogP) is 2.87. The second kappa shape index (κ2) is 6.27. The number of aromatic nitrogens is 2. The van der Waals surface area contributed by atoms with E-state index >= 15 is 0 Å². The van der Waals surface area contributed by atoms with E-state index in [1.807, 2.05) is 0 Å². The maximum atomic E-state index is 13.4. The van der Waals surface area contributed by atoms with Crippen molar-refractivity contribution < 1.29 is 22.0 Å². The smallest absolute Gasteiger partial charge is 0.274 e. The minimum atomic E-state index is -3.60. The van der Waals surface area contributed by atoms with E-state index in [0.717, 1.165) is 6.07 Å². The van der Waals surface area contributed by atoms with Crippen LogP contribution in [0.15, 0.2) is 53.7 Å². The van der Waals surface area contributed by atoms with Crippen molar-refractivity contribution >= 4 is 21.4 Å². The normalized spacial score (nSPS) is 14.7. The van der Waals surface area contributed by atoms with E-state index in [4.69, 9.17) is 0 Å². The maximum Gasteiger partial charge on any atom is 0.274 e. The first-order chi connectivity index (χ1) is 12.8. The molecule has 27 heavy (non-hydrogen) atoms. The molecule has 0 unspecified atom stereocenters. The molecule has 0 radical (unpaired) electrons. The molecular formula is C18H13F2N3O3S. The summed E-state index contributed by atoms with van der Waals surface area (Å²) in [6.07, 6.45) is 0. The van der Waals surface area contributed by atoms with Gasteiger partial charge in [0.2, 0.25) is 15.0 Å². The van der Waals surface area contributed by atoms with Crippen LogP contribution in [0.25, 0.3) is 11.3 Å². The topological polar surface area (TPSA) is 81.1 Å². The molecule has 0 saturated carbocycles. The Bertz CT molecular complexity index is 1160.